The third-order valence-corrected chi connectivity index (χ3v) is 4.74. The Morgan fingerprint density at radius 2 is 1.92 bits per heavy atom. The van der Waals surface area contributed by atoms with Gasteiger partial charge in [-0.3, -0.25) is 4.79 Å². The van der Waals surface area contributed by atoms with Gasteiger partial charge >= 0.3 is 5.97 Å². The molecule has 0 spiro atoms. The van der Waals surface area contributed by atoms with Crippen molar-refractivity contribution in [2.24, 2.45) is 0 Å². The molecule has 1 amide bonds. The first-order valence-electron chi connectivity index (χ1n) is 7.90. The first-order chi connectivity index (χ1) is 12.0. The van der Waals surface area contributed by atoms with E-state index in [1.54, 1.807) is 25.3 Å². The minimum Gasteiger partial charge on any atom is -0.497 e. The lowest BCUT2D eigenvalue weighted by Gasteiger charge is -2.12. The van der Waals surface area contributed by atoms with Gasteiger partial charge in [0.2, 0.25) is 5.91 Å². The van der Waals surface area contributed by atoms with Crippen LogP contribution in [0.5, 0.6) is 5.75 Å². The van der Waals surface area contributed by atoms with Crippen molar-refractivity contribution in [3.05, 3.63) is 59.7 Å². The van der Waals surface area contributed by atoms with E-state index >= 15 is 0 Å². The number of benzene rings is 2. The predicted molar refractivity (Wildman–Crippen MR) is 98.4 cm³/mol. The van der Waals surface area contributed by atoms with Crippen LogP contribution in [0.2, 0.25) is 0 Å². The van der Waals surface area contributed by atoms with E-state index in [-0.39, 0.29) is 16.7 Å². The van der Waals surface area contributed by atoms with Crippen LogP contribution in [0.3, 0.4) is 0 Å². The SMILES string of the molecule is COc1ccc(SC(C)C(=O)NCCc2cccc(C(=O)O)c2)cc1. The van der Waals surface area contributed by atoms with Crippen molar-refractivity contribution >= 4 is 23.6 Å². The molecule has 2 rings (SSSR count). The maximum atomic E-state index is 12.2. The fourth-order valence-corrected chi connectivity index (χ4v) is 3.14. The van der Waals surface area contributed by atoms with E-state index in [0.717, 1.165) is 16.2 Å². The molecule has 0 aliphatic heterocycles. The molecule has 0 aromatic heterocycles. The summed E-state index contributed by atoms with van der Waals surface area (Å²) in [6, 6.07) is 14.3. The maximum Gasteiger partial charge on any atom is 0.335 e. The van der Waals surface area contributed by atoms with Gasteiger partial charge in [0.05, 0.1) is 17.9 Å². The molecule has 5 nitrogen and oxygen atoms in total. The molecular weight excluding hydrogens is 338 g/mol. The van der Waals surface area contributed by atoms with Crippen molar-refractivity contribution in [2.45, 2.75) is 23.5 Å². The molecule has 2 aromatic carbocycles. The fraction of sp³-hybridized carbons (Fsp3) is 0.263. The van der Waals surface area contributed by atoms with Gasteiger partial charge in [-0.05, 0) is 55.3 Å². The summed E-state index contributed by atoms with van der Waals surface area (Å²) in [4.78, 5) is 24.1. The van der Waals surface area contributed by atoms with Crippen molar-refractivity contribution in [3.8, 4) is 5.75 Å². The number of hydrogen-bond acceptors (Lipinski definition) is 4. The number of rotatable bonds is 8. The number of thioether (sulfide) groups is 1. The second-order valence-corrected chi connectivity index (χ2v) is 6.90. The van der Waals surface area contributed by atoms with E-state index in [2.05, 4.69) is 5.32 Å². The molecule has 1 unspecified atom stereocenters. The number of nitrogens with one attached hydrogen (secondary N) is 1. The molecule has 1 atom stereocenters. The van der Waals surface area contributed by atoms with Crippen LogP contribution >= 0.6 is 11.8 Å². The smallest absolute Gasteiger partial charge is 0.335 e. The Balaban J connectivity index is 1.80. The monoisotopic (exact) mass is 359 g/mol. The lowest BCUT2D eigenvalue weighted by Crippen LogP contribution is -2.32. The van der Waals surface area contributed by atoms with E-state index in [0.29, 0.717) is 13.0 Å². The van der Waals surface area contributed by atoms with Crippen LogP contribution < -0.4 is 10.1 Å². The molecule has 0 fully saturated rings. The summed E-state index contributed by atoms with van der Waals surface area (Å²) >= 11 is 1.48. The summed E-state index contributed by atoms with van der Waals surface area (Å²) in [6.07, 6.45) is 0.590. The summed E-state index contributed by atoms with van der Waals surface area (Å²) in [6.45, 7) is 2.32. The first kappa shape index (κ1) is 18.9. The Bertz CT molecular complexity index is 730. The number of amides is 1. The first-order valence-corrected chi connectivity index (χ1v) is 8.78. The molecule has 25 heavy (non-hydrogen) atoms. The number of methoxy groups -OCH3 is 1. The highest BCUT2D eigenvalue weighted by atomic mass is 32.2. The zero-order valence-corrected chi connectivity index (χ0v) is 15.0. The molecule has 132 valence electrons. The molecule has 2 aromatic rings. The molecular formula is C19H21NO4S. The topological polar surface area (TPSA) is 75.6 Å². The van der Waals surface area contributed by atoms with Crippen LogP contribution in [0.25, 0.3) is 0 Å². The van der Waals surface area contributed by atoms with Gasteiger partial charge < -0.3 is 15.2 Å². The molecule has 0 saturated carbocycles. The predicted octanol–water partition coefficient (Wildman–Crippen LogP) is 3.23. The summed E-state index contributed by atoms with van der Waals surface area (Å²) in [7, 11) is 1.62. The van der Waals surface area contributed by atoms with E-state index < -0.39 is 5.97 Å². The van der Waals surface area contributed by atoms with Gasteiger partial charge in [-0.25, -0.2) is 4.79 Å². The van der Waals surface area contributed by atoms with Gasteiger partial charge in [-0.1, -0.05) is 12.1 Å². The van der Waals surface area contributed by atoms with Gasteiger partial charge in [-0.2, -0.15) is 0 Å². The maximum absolute atomic E-state index is 12.2. The molecule has 0 saturated heterocycles. The number of hydrogen-bond donors (Lipinski definition) is 2. The van der Waals surface area contributed by atoms with E-state index in [1.807, 2.05) is 37.3 Å². The van der Waals surface area contributed by atoms with E-state index in [4.69, 9.17) is 9.84 Å². The lowest BCUT2D eigenvalue weighted by atomic mass is 10.1. The Morgan fingerprint density at radius 3 is 2.56 bits per heavy atom. The van der Waals surface area contributed by atoms with Gasteiger partial charge in [0.25, 0.3) is 0 Å². The molecule has 0 aliphatic carbocycles. The third kappa shape index (κ3) is 5.83. The molecule has 0 radical (unpaired) electrons. The van der Waals surface area contributed by atoms with Crippen molar-refractivity contribution in [2.75, 3.05) is 13.7 Å². The summed E-state index contributed by atoms with van der Waals surface area (Å²) < 4.78 is 5.11. The lowest BCUT2D eigenvalue weighted by molar-refractivity contribution is -0.120. The van der Waals surface area contributed by atoms with Crippen LogP contribution in [0, 0.1) is 0 Å². The van der Waals surface area contributed by atoms with Crippen LogP contribution in [-0.2, 0) is 11.2 Å². The Labute approximate surface area is 151 Å². The van der Waals surface area contributed by atoms with Crippen LogP contribution in [0.1, 0.15) is 22.8 Å². The number of ether oxygens (including phenoxy) is 1. The normalized spacial score (nSPS) is 11.6. The van der Waals surface area contributed by atoms with Gasteiger partial charge in [0.15, 0.2) is 0 Å². The molecule has 0 heterocycles. The minimum atomic E-state index is -0.949. The molecule has 6 heteroatoms. The number of carbonyl (C=O) groups is 2. The summed E-state index contributed by atoms with van der Waals surface area (Å²) in [5.41, 5.74) is 1.14. The van der Waals surface area contributed by atoms with Gasteiger partial charge in [0, 0.05) is 11.4 Å². The average Bonchev–Trinajstić information content (AvgIpc) is 2.62. The standard InChI is InChI=1S/C19H21NO4S/c1-13(25-17-8-6-16(24-2)7-9-17)18(21)20-11-10-14-4-3-5-15(12-14)19(22)23/h3-9,12-13H,10-11H2,1-2H3,(H,20,21)(H,22,23). The molecule has 0 bridgehead atoms. The zero-order chi connectivity index (χ0) is 18.2. The zero-order valence-electron chi connectivity index (χ0n) is 14.2. The van der Waals surface area contributed by atoms with E-state index in [9.17, 15) is 9.59 Å². The van der Waals surface area contributed by atoms with Crippen LogP contribution in [0.15, 0.2) is 53.4 Å². The van der Waals surface area contributed by atoms with Crippen LogP contribution in [0.4, 0.5) is 0 Å². The second kappa shape index (κ2) is 9.13. The largest absolute Gasteiger partial charge is 0.497 e. The fourth-order valence-electron chi connectivity index (χ4n) is 2.25. The molecule has 0 aliphatic rings. The third-order valence-electron chi connectivity index (χ3n) is 3.63. The summed E-state index contributed by atoms with van der Waals surface area (Å²) in [5.74, 6) is -0.212. The van der Waals surface area contributed by atoms with Crippen molar-refractivity contribution in [3.63, 3.8) is 0 Å². The Kier molecular flexibility index (Phi) is 6.89. The highest BCUT2D eigenvalue weighted by molar-refractivity contribution is 8.00. The number of aromatic carboxylic acids is 1. The van der Waals surface area contributed by atoms with E-state index in [1.165, 1.54) is 11.8 Å². The quantitative estimate of drug-likeness (QED) is 0.708. The van der Waals surface area contributed by atoms with Crippen molar-refractivity contribution < 1.29 is 19.4 Å². The molecule has 2 N–H and O–H groups in total. The highest BCUT2D eigenvalue weighted by Crippen LogP contribution is 2.25. The van der Waals surface area contributed by atoms with Crippen LogP contribution in [-0.4, -0.2) is 35.9 Å². The van der Waals surface area contributed by atoms with Gasteiger partial charge in [-0.15, -0.1) is 11.8 Å². The number of carbonyl (C=O) groups excluding carboxylic acids is 1. The summed E-state index contributed by atoms with van der Waals surface area (Å²) in [5, 5.41) is 11.7. The average molecular weight is 359 g/mol. The number of carboxylic acids is 1. The Hall–Kier alpha value is -2.47. The highest BCUT2D eigenvalue weighted by Gasteiger charge is 2.14. The second-order valence-electron chi connectivity index (χ2n) is 5.48. The minimum absolute atomic E-state index is 0.0461. The van der Waals surface area contributed by atoms with Crippen molar-refractivity contribution in [1.29, 1.82) is 0 Å². The Morgan fingerprint density at radius 1 is 1.20 bits per heavy atom. The van der Waals surface area contributed by atoms with Gasteiger partial charge in [0.1, 0.15) is 5.75 Å². The van der Waals surface area contributed by atoms with Crippen molar-refractivity contribution in [1.82, 2.24) is 5.32 Å². The number of carboxylic acid groups (broad SMARTS) is 1.